The topological polar surface area (TPSA) is 53.3 Å². The van der Waals surface area contributed by atoms with Crippen molar-refractivity contribution in [3.63, 3.8) is 0 Å². The second kappa shape index (κ2) is 6.95. The Morgan fingerprint density at radius 1 is 1.30 bits per heavy atom. The Morgan fingerprint density at radius 2 is 2.04 bits per heavy atom. The molecule has 144 valence electrons. The number of rotatable bonds is 2. The molecule has 1 amide bonds. The Balaban J connectivity index is 1.59. The first kappa shape index (κ1) is 18.5. The first-order valence-electron chi connectivity index (χ1n) is 10.3. The van der Waals surface area contributed by atoms with E-state index in [1.807, 2.05) is 12.1 Å². The molecule has 3 aliphatic rings. The Morgan fingerprint density at radius 3 is 2.70 bits per heavy atom. The standard InChI is InChI=1S/C23H30N2O2/c1-15-21-13-18-12-16(14-24)4-9-20(18)23(15,2)10-11-25(21)22(26)17-5-7-19(27-3)8-6-17/h4,9,12,15,17,19,21H,5-8,10-11,13H2,1-3H3/t15-,17?,19?,21+,23+/m0/s1. The van der Waals surface area contributed by atoms with E-state index in [4.69, 9.17) is 4.74 Å². The van der Waals surface area contributed by atoms with Crippen molar-refractivity contribution in [3.8, 4) is 6.07 Å². The summed E-state index contributed by atoms with van der Waals surface area (Å²) in [7, 11) is 1.77. The van der Waals surface area contributed by atoms with Crippen molar-refractivity contribution in [2.45, 2.75) is 69.9 Å². The molecule has 2 bridgehead atoms. The number of benzene rings is 1. The summed E-state index contributed by atoms with van der Waals surface area (Å²) in [4.78, 5) is 15.6. The molecule has 1 saturated heterocycles. The van der Waals surface area contributed by atoms with E-state index in [9.17, 15) is 10.1 Å². The number of methoxy groups -OCH3 is 1. The van der Waals surface area contributed by atoms with E-state index in [0.717, 1.165) is 50.6 Å². The molecule has 0 aromatic heterocycles. The lowest BCUT2D eigenvalue weighted by Crippen LogP contribution is -2.60. The number of hydrogen-bond acceptors (Lipinski definition) is 3. The van der Waals surface area contributed by atoms with Crippen LogP contribution in [-0.2, 0) is 21.4 Å². The van der Waals surface area contributed by atoms with Gasteiger partial charge in [-0.25, -0.2) is 0 Å². The zero-order chi connectivity index (χ0) is 19.2. The zero-order valence-electron chi connectivity index (χ0n) is 16.7. The number of hydrogen-bond donors (Lipinski definition) is 0. The maximum absolute atomic E-state index is 13.4. The van der Waals surface area contributed by atoms with Crippen molar-refractivity contribution in [2.75, 3.05) is 13.7 Å². The second-order valence-corrected chi connectivity index (χ2v) is 8.95. The maximum Gasteiger partial charge on any atom is 0.225 e. The average Bonchev–Trinajstić information content (AvgIpc) is 2.70. The van der Waals surface area contributed by atoms with E-state index in [-0.39, 0.29) is 17.4 Å². The van der Waals surface area contributed by atoms with Crippen molar-refractivity contribution in [1.82, 2.24) is 4.90 Å². The van der Waals surface area contributed by atoms with Crippen molar-refractivity contribution in [1.29, 1.82) is 5.26 Å². The van der Waals surface area contributed by atoms with E-state index in [2.05, 4.69) is 30.9 Å². The van der Waals surface area contributed by atoms with Gasteiger partial charge in [-0.2, -0.15) is 5.26 Å². The summed E-state index contributed by atoms with van der Waals surface area (Å²) in [6.45, 7) is 5.52. The summed E-state index contributed by atoms with van der Waals surface area (Å²) in [5.41, 5.74) is 3.47. The number of likely N-dealkylation sites (tertiary alicyclic amines) is 1. The lowest BCUT2D eigenvalue weighted by atomic mass is 9.58. The van der Waals surface area contributed by atoms with E-state index in [0.29, 0.717) is 17.9 Å². The molecular weight excluding hydrogens is 336 g/mol. The summed E-state index contributed by atoms with van der Waals surface area (Å²) in [6.07, 6.45) is 6.08. The van der Waals surface area contributed by atoms with Gasteiger partial charge in [0, 0.05) is 25.6 Å². The van der Waals surface area contributed by atoms with Crippen LogP contribution >= 0.6 is 0 Å². The number of nitrogens with zero attached hydrogens (tertiary/aromatic N) is 2. The zero-order valence-corrected chi connectivity index (χ0v) is 16.7. The number of fused-ring (bicyclic) bond motifs is 4. The van der Waals surface area contributed by atoms with Gasteiger partial charge in [-0.15, -0.1) is 0 Å². The summed E-state index contributed by atoms with van der Waals surface area (Å²) >= 11 is 0. The second-order valence-electron chi connectivity index (χ2n) is 8.95. The van der Waals surface area contributed by atoms with E-state index in [1.54, 1.807) is 7.11 Å². The smallest absolute Gasteiger partial charge is 0.225 e. The predicted octanol–water partition coefficient (Wildman–Crippen LogP) is 3.81. The fourth-order valence-electron chi connectivity index (χ4n) is 5.78. The summed E-state index contributed by atoms with van der Waals surface area (Å²) in [5.74, 6) is 0.939. The molecule has 1 aromatic carbocycles. The van der Waals surface area contributed by atoms with Crippen LogP contribution in [0.2, 0.25) is 0 Å². The fraction of sp³-hybridized carbons (Fsp3) is 0.652. The number of carbonyl (C=O) groups excluding carboxylic acids is 1. The molecule has 1 aromatic rings. The number of amides is 1. The number of piperidine rings is 1. The number of carbonyl (C=O) groups is 1. The van der Waals surface area contributed by atoms with Crippen LogP contribution in [0.25, 0.3) is 0 Å². The van der Waals surface area contributed by atoms with Crippen molar-refractivity contribution >= 4 is 5.91 Å². The van der Waals surface area contributed by atoms with Crippen molar-refractivity contribution in [2.24, 2.45) is 11.8 Å². The molecule has 1 saturated carbocycles. The maximum atomic E-state index is 13.4. The van der Waals surface area contributed by atoms with E-state index >= 15 is 0 Å². The first-order chi connectivity index (χ1) is 13.0. The van der Waals surface area contributed by atoms with Gasteiger partial charge in [0.2, 0.25) is 5.91 Å². The van der Waals surface area contributed by atoms with Crippen LogP contribution in [-0.4, -0.2) is 36.6 Å². The summed E-state index contributed by atoms with van der Waals surface area (Å²) < 4.78 is 5.47. The normalized spacial score (nSPS) is 35.3. The van der Waals surface area contributed by atoms with Gasteiger partial charge in [0.05, 0.1) is 17.7 Å². The Hall–Kier alpha value is -1.86. The third-order valence-electron chi connectivity index (χ3n) is 7.77. The Bertz CT molecular complexity index is 775. The summed E-state index contributed by atoms with van der Waals surface area (Å²) in [6, 6.07) is 8.67. The molecular formula is C23H30N2O2. The number of nitriles is 1. The molecule has 0 unspecified atom stereocenters. The van der Waals surface area contributed by atoms with Gasteiger partial charge in [0.1, 0.15) is 0 Å². The van der Waals surface area contributed by atoms with Crippen LogP contribution in [0.15, 0.2) is 18.2 Å². The molecule has 0 N–H and O–H groups in total. The van der Waals surface area contributed by atoms with Crippen LogP contribution < -0.4 is 0 Å². The van der Waals surface area contributed by atoms with Gasteiger partial charge in [0.25, 0.3) is 0 Å². The third-order valence-corrected chi connectivity index (χ3v) is 7.77. The van der Waals surface area contributed by atoms with Gasteiger partial charge < -0.3 is 9.64 Å². The Labute approximate surface area is 162 Å². The molecule has 4 nitrogen and oxygen atoms in total. The highest BCUT2D eigenvalue weighted by Gasteiger charge is 2.50. The van der Waals surface area contributed by atoms with Crippen LogP contribution in [0, 0.1) is 23.2 Å². The molecule has 27 heavy (non-hydrogen) atoms. The van der Waals surface area contributed by atoms with Crippen LogP contribution in [0.3, 0.4) is 0 Å². The predicted molar refractivity (Wildman–Crippen MR) is 104 cm³/mol. The lowest BCUT2D eigenvalue weighted by Gasteiger charge is -2.55. The highest BCUT2D eigenvalue weighted by Crippen LogP contribution is 2.49. The lowest BCUT2D eigenvalue weighted by molar-refractivity contribution is -0.145. The first-order valence-corrected chi connectivity index (χ1v) is 10.3. The van der Waals surface area contributed by atoms with Crippen LogP contribution in [0.4, 0.5) is 0 Å². The molecule has 2 aliphatic carbocycles. The van der Waals surface area contributed by atoms with Crippen molar-refractivity contribution < 1.29 is 9.53 Å². The molecule has 2 fully saturated rings. The molecule has 4 heteroatoms. The highest BCUT2D eigenvalue weighted by atomic mass is 16.5. The minimum atomic E-state index is 0.0940. The largest absolute Gasteiger partial charge is 0.381 e. The van der Waals surface area contributed by atoms with Crippen LogP contribution in [0.5, 0.6) is 0 Å². The monoisotopic (exact) mass is 366 g/mol. The summed E-state index contributed by atoms with van der Waals surface area (Å²) in [5, 5.41) is 9.29. The quantitative estimate of drug-likeness (QED) is 0.800. The molecule has 0 spiro atoms. The Kier molecular flexibility index (Phi) is 4.76. The fourth-order valence-corrected chi connectivity index (χ4v) is 5.78. The SMILES string of the molecule is COC1CCC(C(=O)N2CC[C@@]3(C)c4ccc(C#N)cc4C[C@@H]2[C@@H]3C)CC1. The van der Waals surface area contributed by atoms with Gasteiger partial charge in [-0.3, -0.25) is 4.79 Å². The number of ether oxygens (including phenoxy) is 1. The minimum Gasteiger partial charge on any atom is -0.381 e. The van der Waals surface area contributed by atoms with Crippen LogP contribution in [0.1, 0.15) is 62.6 Å². The molecule has 3 atom stereocenters. The van der Waals surface area contributed by atoms with Gasteiger partial charge in [-0.05, 0) is 73.1 Å². The van der Waals surface area contributed by atoms with E-state index < -0.39 is 0 Å². The molecule has 1 heterocycles. The molecule has 4 rings (SSSR count). The third kappa shape index (κ3) is 2.97. The minimum absolute atomic E-state index is 0.0940. The van der Waals surface area contributed by atoms with Crippen molar-refractivity contribution in [3.05, 3.63) is 34.9 Å². The van der Waals surface area contributed by atoms with E-state index in [1.165, 1.54) is 11.1 Å². The molecule has 0 radical (unpaired) electrons. The molecule has 1 aliphatic heterocycles. The van der Waals surface area contributed by atoms with Gasteiger partial charge >= 0.3 is 0 Å². The van der Waals surface area contributed by atoms with Gasteiger partial charge in [-0.1, -0.05) is 19.9 Å². The highest BCUT2D eigenvalue weighted by molar-refractivity contribution is 5.79. The average molecular weight is 367 g/mol. The van der Waals surface area contributed by atoms with Gasteiger partial charge in [0.15, 0.2) is 0 Å².